The predicted molar refractivity (Wildman–Crippen MR) is 101 cm³/mol. The number of carbonyl (C=O) groups excluding carboxylic acids is 2. The third-order valence-corrected chi connectivity index (χ3v) is 5.77. The van der Waals surface area contributed by atoms with Crippen LogP contribution in [0, 0.1) is 11.8 Å². The fraction of sp³-hybridized carbons (Fsp3) is 0.619. The van der Waals surface area contributed by atoms with Crippen LogP contribution >= 0.6 is 0 Å². The predicted octanol–water partition coefficient (Wildman–Crippen LogP) is 2.95. The lowest BCUT2D eigenvalue weighted by Crippen LogP contribution is -2.37. The van der Waals surface area contributed by atoms with Crippen LogP contribution < -0.4 is 10.1 Å². The lowest BCUT2D eigenvalue weighted by molar-refractivity contribution is -0.134. The number of amides is 2. The Bertz CT molecular complexity index is 623. The maximum absolute atomic E-state index is 12.9. The molecule has 0 spiro atoms. The maximum atomic E-state index is 12.9. The second-order valence-corrected chi connectivity index (χ2v) is 7.50. The molecule has 1 N–H and O–H groups in total. The maximum Gasteiger partial charge on any atom is 0.225 e. The van der Waals surface area contributed by atoms with Crippen molar-refractivity contribution in [3.63, 3.8) is 0 Å². The Balaban J connectivity index is 1.77. The lowest BCUT2D eigenvalue weighted by atomic mass is 9.88. The molecule has 1 heterocycles. The van der Waals surface area contributed by atoms with E-state index >= 15 is 0 Å². The van der Waals surface area contributed by atoms with Crippen LogP contribution in [0.5, 0.6) is 5.75 Å². The Morgan fingerprint density at radius 3 is 2.46 bits per heavy atom. The average molecular weight is 358 g/mol. The van der Waals surface area contributed by atoms with Gasteiger partial charge < -0.3 is 15.0 Å². The highest BCUT2D eigenvalue weighted by Gasteiger charge is 2.42. The zero-order valence-corrected chi connectivity index (χ0v) is 15.9. The molecule has 1 saturated carbocycles. The van der Waals surface area contributed by atoms with Gasteiger partial charge in [0.15, 0.2) is 0 Å². The molecule has 5 nitrogen and oxygen atoms in total. The zero-order valence-electron chi connectivity index (χ0n) is 15.9. The Morgan fingerprint density at radius 1 is 1.15 bits per heavy atom. The Morgan fingerprint density at radius 2 is 1.85 bits per heavy atom. The van der Waals surface area contributed by atoms with Crippen LogP contribution in [0.4, 0.5) is 0 Å². The molecule has 2 fully saturated rings. The standard InChI is InChI=1S/C21H30N2O3/c1-3-12-22-20(24)19-14-23(21(25)16-6-4-5-7-16)13-18(19)15-8-10-17(26-2)11-9-15/h8-11,16,18-19H,3-7,12-14H2,1-2H3,(H,22,24)/t18-,19-/m0/s1. The fourth-order valence-electron chi connectivity index (χ4n) is 4.25. The minimum absolute atomic E-state index is 0.0446. The van der Waals surface area contributed by atoms with Crippen LogP contribution in [0.1, 0.15) is 50.5 Å². The molecule has 1 aliphatic heterocycles. The highest BCUT2D eigenvalue weighted by molar-refractivity contribution is 5.84. The van der Waals surface area contributed by atoms with Crippen molar-refractivity contribution < 1.29 is 14.3 Å². The van der Waals surface area contributed by atoms with Gasteiger partial charge in [0.25, 0.3) is 0 Å². The molecule has 0 bridgehead atoms. The van der Waals surface area contributed by atoms with Gasteiger partial charge in [-0.15, -0.1) is 0 Å². The molecule has 2 amide bonds. The summed E-state index contributed by atoms with van der Waals surface area (Å²) in [6.45, 7) is 3.89. The van der Waals surface area contributed by atoms with Crippen molar-refractivity contribution in [2.24, 2.45) is 11.8 Å². The van der Waals surface area contributed by atoms with E-state index in [1.54, 1.807) is 7.11 Å². The second kappa shape index (κ2) is 8.56. The third-order valence-electron chi connectivity index (χ3n) is 5.77. The van der Waals surface area contributed by atoms with Crippen molar-refractivity contribution in [2.45, 2.75) is 44.9 Å². The van der Waals surface area contributed by atoms with E-state index in [4.69, 9.17) is 4.74 Å². The van der Waals surface area contributed by atoms with Crippen LogP contribution in [-0.4, -0.2) is 43.5 Å². The summed E-state index contributed by atoms with van der Waals surface area (Å²) in [4.78, 5) is 27.5. The summed E-state index contributed by atoms with van der Waals surface area (Å²) in [6.07, 6.45) is 5.19. The first-order chi connectivity index (χ1) is 12.6. The van der Waals surface area contributed by atoms with E-state index in [1.165, 1.54) is 0 Å². The number of ether oxygens (including phenoxy) is 1. The number of carbonyl (C=O) groups is 2. The molecule has 26 heavy (non-hydrogen) atoms. The van der Waals surface area contributed by atoms with Crippen LogP contribution in [0.2, 0.25) is 0 Å². The van der Waals surface area contributed by atoms with Gasteiger partial charge in [0.2, 0.25) is 11.8 Å². The molecule has 1 aliphatic carbocycles. The van der Waals surface area contributed by atoms with E-state index in [0.29, 0.717) is 19.6 Å². The summed E-state index contributed by atoms with van der Waals surface area (Å²) in [5.74, 6) is 1.13. The topological polar surface area (TPSA) is 58.6 Å². The number of nitrogens with zero attached hydrogens (tertiary/aromatic N) is 1. The first-order valence-corrected chi connectivity index (χ1v) is 9.84. The Hall–Kier alpha value is -2.04. The molecule has 1 aromatic rings. The van der Waals surface area contributed by atoms with E-state index in [-0.39, 0.29) is 29.6 Å². The van der Waals surface area contributed by atoms with Gasteiger partial charge in [-0.3, -0.25) is 9.59 Å². The molecular formula is C21H30N2O3. The Labute approximate surface area is 156 Å². The molecule has 3 rings (SSSR count). The highest BCUT2D eigenvalue weighted by atomic mass is 16.5. The summed E-state index contributed by atoms with van der Waals surface area (Å²) < 4.78 is 5.24. The van der Waals surface area contributed by atoms with E-state index in [9.17, 15) is 9.59 Å². The normalized spacial score (nSPS) is 23.2. The zero-order chi connectivity index (χ0) is 18.5. The summed E-state index contributed by atoms with van der Waals surface area (Å²) in [5.41, 5.74) is 1.10. The molecule has 0 radical (unpaired) electrons. The molecule has 0 unspecified atom stereocenters. The van der Waals surface area contributed by atoms with Crippen molar-refractivity contribution in [1.82, 2.24) is 10.2 Å². The number of hydrogen-bond acceptors (Lipinski definition) is 3. The molecule has 1 saturated heterocycles. The Kier molecular flexibility index (Phi) is 6.17. The second-order valence-electron chi connectivity index (χ2n) is 7.50. The average Bonchev–Trinajstić information content (AvgIpc) is 3.35. The minimum atomic E-state index is -0.180. The monoisotopic (exact) mass is 358 g/mol. The van der Waals surface area contributed by atoms with Crippen molar-refractivity contribution in [3.8, 4) is 5.75 Å². The van der Waals surface area contributed by atoms with Crippen molar-refractivity contribution in [1.29, 1.82) is 0 Å². The molecule has 1 aromatic carbocycles. The number of hydrogen-bond donors (Lipinski definition) is 1. The number of likely N-dealkylation sites (tertiary alicyclic amines) is 1. The van der Waals surface area contributed by atoms with Gasteiger partial charge in [0.05, 0.1) is 13.0 Å². The summed E-state index contributed by atoms with van der Waals surface area (Å²) in [6, 6.07) is 7.90. The van der Waals surface area contributed by atoms with Gasteiger partial charge in [0, 0.05) is 31.5 Å². The van der Waals surface area contributed by atoms with Crippen LogP contribution in [0.25, 0.3) is 0 Å². The number of rotatable bonds is 6. The van der Waals surface area contributed by atoms with Crippen molar-refractivity contribution >= 4 is 11.8 Å². The molecule has 2 aliphatic rings. The fourth-order valence-corrected chi connectivity index (χ4v) is 4.25. The largest absolute Gasteiger partial charge is 0.497 e. The first kappa shape index (κ1) is 18.7. The SMILES string of the molecule is CCCNC(=O)[C@H]1CN(C(=O)C2CCCC2)C[C@H]1c1ccc(OC)cc1. The summed E-state index contributed by atoms with van der Waals surface area (Å²) in [5, 5.41) is 3.02. The van der Waals surface area contributed by atoms with Gasteiger partial charge in [0.1, 0.15) is 5.75 Å². The van der Waals surface area contributed by atoms with E-state index in [1.807, 2.05) is 36.1 Å². The molecule has 5 heteroatoms. The quantitative estimate of drug-likeness (QED) is 0.850. The first-order valence-electron chi connectivity index (χ1n) is 9.84. The molecular weight excluding hydrogens is 328 g/mol. The lowest BCUT2D eigenvalue weighted by Gasteiger charge is -2.20. The molecule has 2 atom stereocenters. The van der Waals surface area contributed by atoms with Crippen LogP contribution in [-0.2, 0) is 9.59 Å². The van der Waals surface area contributed by atoms with Gasteiger partial charge in [-0.1, -0.05) is 31.9 Å². The highest BCUT2D eigenvalue weighted by Crippen LogP contribution is 2.36. The van der Waals surface area contributed by atoms with Crippen molar-refractivity contribution in [3.05, 3.63) is 29.8 Å². The molecule has 142 valence electrons. The van der Waals surface area contributed by atoms with E-state index in [0.717, 1.165) is 43.4 Å². The number of nitrogens with one attached hydrogen (secondary N) is 1. The van der Waals surface area contributed by atoms with Gasteiger partial charge in [-0.25, -0.2) is 0 Å². The van der Waals surface area contributed by atoms with E-state index < -0.39 is 0 Å². The van der Waals surface area contributed by atoms with Gasteiger partial charge in [-0.2, -0.15) is 0 Å². The summed E-state index contributed by atoms with van der Waals surface area (Å²) in [7, 11) is 1.65. The minimum Gasteiger partial charge on any atom is -0.497 e. The van der Waals surface area contributed by atoms with Gasteiger partial charge in [-0.05, 0) is 37.0 Å². The summed E-state index contributed by atoms with van der Waals surface area (Å²) >= 11 is 0. The smallest absolute Gasteiger partial charge is 0.225 e. The van der Waals surface area contributed by atoms with E-state index in [2.05, 4.69) is 5.32 Å². The third kappa shape index (κ3) is 4.02. The molecule has 0 aromatic heterocycles. The van der Waals surface area contributed by atoms with Crippen LogP contribution in [0.15, 0.2) is 24.3 Å². The number of benzene rings is 1. The van der Waals surface area contributed by atoms with Crippen LogP contribution in [0.3, 0.4) is 0 Å². The number of methoxy groups -OCH3 is 1. The van der Waals surface area contributed by atoms with Crippen molar-refractivity contribution in [2.75, 3.05) is 26.7 Å². The van der Waals surface area contributed by atoms with Gasteiger partial charge >= 0.3 is 0 Å².